The number of phenols is 1. The van der Waals surface area contributed by atoms with E-state index in [2.05, 4.69) is 15.5 Å². The van der Waals surface area contributed by atoms with Crippen LogP contribution >= 0.6 is 0 Å². The van der Waals surface area contributed by atoms with Gasteiger partial charge in [0, 0.05) is 30.0 Å². The molecule has 0 aliphatic carbocycles. The van der Waals surface area contributed by atoms with Gasteiger partial charge in [0.2, 0.25) is 0 Å². The molecule has 7 nitrogen and oxygen atoms in total. The first kappa shape index (κ1) is 20.5. The van der Waals surface area contributed by atoms with Crippen LogP contribution in [0.25, 0.3) is 22.0 Å². The molecule has 1 fully saturated rings. The summed E-state index contributed by atoms with van der Waals surface area (Å²) >= 11 is 0. The third kappa shape index (κ3) is 5.17. The molecule has 0 spiro atoms. The number of aromatic nitrogens is 2. The van der Waals surface area contributed by atoms with Gasteiger partial charge in [0.1, 0.15) is 11.5 Å². The number of H-pyrrole nitrogens is 1. The van der Waals surface area contributed by atoms with Crippen LogP contribution in [0.15, 0.2) is 42.6 Å². The average Bonchev–Trinajstić information content (AvgIpc) is 3.07. The maximum Gasteiger partial charge on any atom is 0.490 e. The van der Waals surface area contributed by atoms with Crippen LogP contribution in [0, 0.1) is 5.92 Å². The Morgan fingerprint density at radius 1 is 1.21 bits per heavy atom. The van der Waals surface area contributed by atoms with Crippen LogP contribution in [0.4, 0.5) is 13.2 Å². The molecule has 1 aliphatic heterocycles. The second-order valence-corrected chi connectivity index (χ2v) is 6.49. The number of hydrogen-bond acceptors (Lipinski definition) is 5. The monoisotopic (exact) mass is 409 g/mol. The van der Waals surface area contributed by atoms with Crippen molar-refractivity contribution in [1.29, 1.82) is 0 Å². The van der Waals surface area contributed by atoms with E-state index in [9.17, 15) is 18.3 Å². The number of phenolic OH excluding ortho intramolecular Hbond substituents is 1. The number of aromatic hydroxyl groups is 1. The number of halogens is 3. The van der Waals surface area contributed by atoms with Crippen LogP contribution in [0.2, 0.25) is 0 Å². The quantitative estimate of drug-likeness (QED) is 0.527. The van der Waals surface area contributed by atoms with Gasteiger partial charge >= 0.3 is 12.1 Å². The zero-order valence-electron chi connectivity index (χ0n) is 15.0. The van der Waals surface area contributed by atoms with Crippen LogP contribution in [-0.4, -0.2) is 52.3 Å². The van der Waals surface area contributed by atoms with Crippen molar-refractivity contribution in [2.24, 2.45) is 5.92 Å². The Morgan fingerprint density at radius 3 is 2.41 bits per heavy atom. The number of carboxylic acid groups (broad SMARTS) is 1. The first-order chi connectivity index (χ1) is 13.7. The van der Waals surface area contributed by atoms with Crippen LogP contribution in [0.3, 0.4) is 0 Å². The van der Waals surface area contributed by atoms with E-state index in [0.717, 1.165) is 40.9 Å². The van der Waals surface area contributed by atoms with E-state index in [1.165, 1.54) is 0 Å². The first-order valence-corrected chi connectivity index (χ1v) is 8.64. The molecule has 1 aliphatic rings. The summed E-state index contributed by atoms with van der Waals surface area (Å²) in [6, 6.07) is 11.2. The number of fused-ring (bicyclic) bond motifs is 1. The fourth-order valence-electron chi connectivity index (χ4n) is 2.63. The van der Waals surface area contributed by atoms with Crippen molar-refractivity contribution in [3.05, 3.63) is 42.6 Å². The molecule has 4 rings (SSSR count). The number of benzene rings is 2. The molecule has 1 saturated heterocycles. The smallest absolute Gasteiger partial charge is 0.490 e. The zero-order chi connectivity index (χ0) is 21.0. The molecule has 0 bridgehead atoms. The number of nitrogens with one attached hydrogen (secondary N) is 2. The summed E-state index contributed by atoms with van der Waals surface area (Å²) in [7, 11) is 0. The van der Waals surface area contributed by atoms with Gasteiger partial charge in [-0.1, -0.05) is 12.1 Å². The highest BCUT2D eigenvalue weighted by molar-refractivity contribution is 5.87. The third-order valence-corrected chi connectivity index (χ3v) is 4.30. The number of rotatable bonds is 4. The lowest BCUT2D eigenvalue weighted by Gasteiger charge is -2.27. The van der Waals surface area contributed by atoms with E-state index in [1.54, 1.807) is 18.3 Å². The third-order valence-electron chi connectivity index (χ3n) is 4.30. The summed E-state index contributed by atoms with van der Waals surface area (Å²) in [4.78, 5) is 8.90. The van der Waals surface area contributed by atoms with E-state index in [-0.39, 0.29) is 5.75 Å². The second-order valence-electron chi connectivity index (χ2n) is 6.49. The minimum Gasteiger partial charge on any atom is -0.508 e. The molecular formula is C19H18F3N3O4. The van der Waals surface area contributed by atoms with Crippen molar-refractivity contribution < 1.29 is 32.9 Å². The number of alkyl halides is 3. The highest BCUT2D eigenvalue weighted by Gasteiger charge is 2.38. The number of nitrogens with zero attached hydrogens (tertiary/aromatic N) is 1. The normalized spacial score (nSPS) is 14.0. The molecule has 0 atom stereocenters. The first-order valence-electron chi connectivity index (χ1n) is 8.64. The molecule has 0 radical (unpaired) electrons. The van der Waals surface area contributed by atoms with Crippen LogP contribution in [0.1, 0.15) is 0 Å². The van der Waals surface area contributed by atoms with Gasteiger partial charge in [0.25, 0.3) is 0 Å². The van der Waals surface area contributed by atoms with Crippen LogP contribution < -0.4 is 10.1 Å². The lowest BCUT2D eigenvalue weighted by Crippen LogP contribution is -2.45. The molecule has 2 heterocycles. The highest BCUT2D eigenvalue weighted by atomic mass is 19.4. The second kappa shape index (κ2) is 8.39. The number of carbonyl (C=O) groups is 1. The fourth-order valence-corrected chi connectivity index (χ4v) is 2.63. The van der Waals surface area contributed by atoms with Gasteiger partial charge in [-0.2, -0.15) is 18.3 Å². The van der Waals surface area contributed by atoms with Crippen molar-refractivity contribution in [3.8, 4) is 22.6 Å². The van der Waals surface area contributed by atoms with E-state index >= 15 is 0 Å². The van der Waals surface area contributed by atoms with E-state index in [1.807, 2.05) is 24.3 Å². The Kier molecular flexibility index (Phi) is 5.92. The molecule has 0 unspecified atom stereocenters. The molecule has 29 heavy (non-hydrogen) atoms. The van der Waals surface area contributed by atoms with Gasteiger partial charge in [-0.15, -0.1) is 0 Å². The van der Waals surface area contributed by atoms with Gasteiger partial charge in [0.15, 0.2) is 0 Å². The molecule has 1 aromatic heterocycles. The maximum absolute atomic E-state index is 10.6. The summed E-state index contributed by atoms with van der Waals surface area (Å²) in [5.41, 5.74) is 2.99. The predicted octanol–water partition coefficient (Wildman–Crippen LogP) is 3.17. The molecule has 154 valence electrons. The van der Waals surface area contributed by atoms with Gasteiger partial charge < -0.3 is 20.3 Å². The largest absolute Gasteiger partial charge is 0.508 e. The summed E-state index contributed by atoms with van der Waals surface area (Å²) in [6.07, 6.45) is -3.28. The van der Waals surface area contributed by atoms with Crippen molar-refractivity contribution in [3.63, 3.8) is 0 Å². The molecule has 10 heteroatoms. The Bertz CT molecular complexity index is 983. The Balaban J connectivity index is 0.000000298. The minimum absolute atomic E-state index is 0.259. The van der Waals surface area contributed by atoms with Gasteiger partial charge in [0.05, 0.1) is 18.3 Å². The molecule has 0 saturated carbocycles. The fraction of sp³-hybridized carbons (Fsp3) is 0.263. The van der Waals surface area contributed by atoms with E-state index in [4.69, 9.17) is 14.6 Å². The average molecular weight is 409 g/mol. The van der Waals surface area contributed by atoms with Crippen LogP contribution in [-0.2, 0) is 4.79 Å². The topological polar surface area (TPSA) is 107 Å². The SMILES string of the molecule is O=C(O)C(F)(F)F.Oc1ccc(-c2cc3[nH]ncc3cc2OCC2CNC2)cc1. The maximum atomic E-state index is 10.6. The molecule has 2 aromatic carbocycles. The number of hydrogen-bond donors (Lipinski definition) is 4. The van der Waals surface area contributed by atoms with Gasteiger partial charge in [-0.25, -0.2) is 4.79 Å². The predicted molar refractivity (Wildman–Crippen MR) is 98.7 cm³/mol. The Hall–Kier alpha value is -3.27. The highest BCUT2D eigenvalue weighted by Crippen LogP contribution is 2.34. The van der Waals surface area contributed by atoms with Crippen molar-refractivity contribution in [1.82, 2.24) is 15.5 Å². The Labute approximate surface area is 163 Å². The Morgan fingerprint density at radius 2 is 1.86 bits per heavy atom. The number of aromatic amines is 1. The summed E-state index contributed by atoms with van der Waals surface area (Å²) in [5.74, 6) is -1.07. The number of carboxylic acids is 1. The lowest BCUT2D eigenvalue weighted by molar-refractivity contribution is -0.192. The lowest BCUT2D eigenvalue weighted by atomic mass is 10.0. The molecular weight excluding hydrogens is 391 g/mol. The van der Waals surface area contributed by atoms with Crippen LogP contribution in [0.5, 0.6) is 11.5 Å². The van der Waals surface area contributed by atoms with Crippen molar-refractivity contribution in [2.75, 3.05) is 19.7 Å². The zero-order valence-corrected chi connectivity index (χ0v) is 15.0. The minimum atomic E-state index is -5.08. The van der Waals surface area contributed by atoms with Crippen molar-refractivity contribution >= 4 is 16.9 Å². The summed E-state index contributed by atoms with van der Waals surface area (Å²) in [6.45, 7) is 2.74. The van der Waals surface area contributed by atoms with Crippen molar-refractivity contribution in [2.45, 2.75) is 6.18 Å². The van der Waals surface area contributed by atoms with E-state index < -0.39 is 12.1 Å². The number of ether oxygens (including phenoxy) is 1. The van der Waals surface area contributed by atoms with E-state index in [0.29, 0.717) is 12.5 Å². The summed E-state index contributed by atoms with van der Waals surface area (Å²) < 4.78 is 37.8. The molecule has 0 amide bonds. The number of aliphatic carboxylic acids is 1. The van der Waals surface area contributed by atoms with Gasteiger partial charge in [-0.05, 0) is 29.8 Å². The molecule has 3 aromatic rings. The summed E-state index contributed by atoms with van der Waals surface area (Å²) in [5, 5.41) is 28.0. The standard InChI is InChI=1S/C17H17N3O2.C2HF3O2/c21-14-3-1-12(2-4-14)15-6-16-13(9-19-20-16)5-17(15)22-10-11-7-18-8-11;3-2(4,5)1(6)7/h1-6,9,11,18,21H,7-8,10H2,(H,19,20);(H,6,7). The molecule has 4 N–H and O–H groups in total. The van der Waals surface area contributed by atoms with Gasteiger partial charge in [-0.3, -0.25) is 5.10 Å².